The maximum absolute atomic E-state index is 12.5. The molecule has 3 N–H and O–H groups in total. The van der Waals surface area contributed by atoms with E-state index in [1.165, 1.54) is 17.5 Å². The highest BCUT2D eigenvalue weighted by Gasteiger charge is 2.15. The standard InChI is InChI=1S/C18H18N4O2S/c1-10-7-8-13(23)12(3)16(10)22-17(24)14-9-19-18(25-14)21-15-6-4-5-11(2)20-15/h4-9,23H,1-3H3,(H,22,24)(H,19,20,21). The minimum Gasteiger partial charge on any atom is -0.508 e. The van der Waals surface area contributed by atoms with Gasteiger partial charge in [0, 0.05) is 11.3 Å². The molecule has 0 aliphatic rings. The number of amides is 1. The van der Waals surface area contributed by atoms with E-state index < -0.39 is 0 Å². The van der Waals surface area contributed by atoms with E-state index in [-0.39, 0.29) is 11.7 Å². The van der Waals surface area contributed by atoms with Gasteiger partial charge in [-0.25, -0.2) is 9.97 Å². The van der Waals surface area contributed by atoms with Gasteiger partial charge in [-0.1, -0.05) is 23.5 Å². The van der Waals surface area contributed by atoms with Crippen molar-refractivity contribution in [3.8, 4) is 5.75 Å². The molecule has 0 saturated carbocycles. The average molecular weight is 354 g/mol. The summed E-state index contributed by atoms with van der Waals surface area (Å²) in [5.74, 6) is 0.568. The van der Waals surface area contributed by atoms with Gasteiger partial charge in [-0.3, -0.25) is 4.79 Å². The molecule has 0 atom stereocenters. The van der Waals surface area contributed by atoms with Gasteiger partial charge in [0.1, 0.15) is 16.4 Å². The van der Waals surface area contributed by atoms with E-state index >= 15 is 0 Å². The molecule has 2 aromatic heterocycles. The first-order valence-electron chi connectivity index (χ1n) is 7.71. The Hall–Kier alpha value is -2.93. The van der Waals surface area contributed by atoms with E-state index in [1.54, 1.807) is 19.1 Å². The van der Waals surface area contributed by atoms with Crippen LogP contribution in [0.2, 0.25) is 0 Å². The van der Waals surface area contributed by atoms with Gasteiger partial charge in [0.05, 0.1) is 11.9 Å². The lowest BCUT2D eigenvalue weighted by Crippen LogP contribution is -2.12. The van der Waals surface area contributed by atoms with Crippen LogP contribution < -0.4 is 10.6 Å². The first-order chi connectivity index (χ1) is 11.9. The molecule has 25 heavy (non-hydrogen) atoms. The number of thiazole rings is 1. The minimum absolute atomic E-state index is 0.151. The van der Waals surface area contributed by atoms with Crippen molar-refractivity contribution in [3.05, 3.63) is 58.2 Å². The maximum Gasteiger partial charge on any atom is 0.267 e. The number of pyridine rings is 1. The second-order valence-electron chi connectivity index (χ2n) is 5.67. The molecule has 0 saturated heterocycles. The summed E-state index contributed by atoms with van der Waals surface area (Å²) in [6.07, 6.45) is 1.52. The number of nitrogens with one attached hydrogen (secondary N) is 2. The number of hydrogen-bond donors (Lipinski definition) is 3. The lowest BCUT2D eigenvalue weighted by molar-refractivity contribution is 0.103. The van der Waals surface area contributed by atoms with Crippen molar-refractivity contribution in [2.75, 3.05) is 10.6 Å². The van der Waals surface area contributed by atoms with Gasteiger partial charge in [-0.2, -0.15) is 0 Å². The number of nitrogens with zero attached hydrogens (tertiary/aromatic N) is 2. The molecular formula is C18H18N4O2S. The molecule has 2 heterocycles. The van der Waals surface area contributed by atoms with E-state index in [1.807, 2.05) is 32.0 Å². The minimum atomic E-state index is -0.264. The van der Waals surface area contributed by atoms with E-state index in [9.17, 15) is 9.90 Å². The van der Waals surface area contributed by atoms with Gasteiger partial charge in [0.25, 0.3) is 5.91 Å². The van der Waals surface area contributed by atoms with E-state index in [4.69, 9.17) is 0 Å². The Labute approximate surface area is 149 Å². The van der Waals surface area contributed by atoms with Gasteiger partial charge < -0.3 is 15.7 Å². The molecule has 0 fully saturated rings. The fourth-order valence-corrected chi connectivity index (χ4v) is 3.08. The highest BCUT2D eigenvalue weighted by Crippen LogP contribution is 2.29. The third-order valence-corrected chi connectivity index (χ3v) is 4.65. The number of hydrogen-bond acceptors (Lipinski definition) is 6. The summed E-state index contributed by atoms with van der Waals surface area (Å²) in [5, 5.41) is 16.4. The molecule has 7 heteroatoms. The Morgan fingerprint density at radius 3 is 2.72 bits per heavy atom. The van der Waals surface area contributed by atoms with Crippen LogP contribution in [0.15, 0.2) is 36.5 Å². The van der Waals surface area contributed by atoms with Crippen molar-refractivity contribution >= 4 is 33.9 Å². The number of aromatic nitrogens is 2. The number of anilines is 3. The molecule has 0 radical (unpaired) electrons. The van der Waals surface area contributed by atoms with Crippen LogP contribution in [-0.2, 0) is 0 Å². The van der Waals surface area contributed by atoms with E-state index in [0.29, 0.717) is 27.1 Å². The van der Waals surface area contributed by atoms with E-state index in [2.05, 4.69) is 20.6 Å². The molecule has 0 spiro atoms. The quantitative estimate of drug-likeness (QED) is 0.655. The topological polar surface area (TPSA) is 87.1 Å². The maximum atomic E-state index is 12.5. The summed E-state index contributed by atoms with van der Waals surface area (Å²) in [4.78, 5) is 21.5. The molecule has 0 unspecified atom stereocenters. The lowest BCUT2D eigenvalue weighted by Gasteiger charge is -2.11. The lowest BCUT2D eigenvalue weighted by atomic mass is 10.1. The smallest absolute Gasteiger partial charge is 0.267 e. The molecule has 0 aliphatic carbocycles. The molecule has 128 valence electrons. The molecule has 3 aromatic rings. The predicted molar refractivity (Wildman–Crippen MR) is 99.9 cm³/mol. The van der Waals surface area contributed by atoms with Crippen LogP contribution in [0.3, 0.4) is 0 Å². The number of aromatic hydroxyl groups is 1. The number of carbonyl (C=O) groups is 1. The fourth-order valence-electron chi connectivity index (χ4n) is 2.36. The number of phenolic OH excluding ortho intramolecular Hbond substituents is 1. The zero-order valence-corrected chi connectivity index (χ0v) is 14.9. The molecule has 6 nitrogen and oxygen atoms in total. The number of benzene rings is 1. The third-order valence-electron chi connectivity index (χ3n) is 3.74. The van der Waals surface area contributed by atoms with Gasteiger partial charge in [-0.15, -0.1) is 0 Å². The largest absolute Gasteiger partial charge is 0.508 e. The molecule has 0 bridgehead atoms. The van der Waals surface area contributed by atoms with Gasteiger partial charge in [0.15, 0.2) is 5.13 Å². The van der Waals surface area contributed by atoms with Crippen molar-refractivity contribution in [1.82, 2.24) is 9.97 Å². The van der Waals surface area contributed by atoms with E-state index in [0.717, 1.165) is 11.3 Å². The van der Waals surface area contributed by atoms with Crippen molar-refractivity contribution < 1.29 is 9.90 Å². The third kappa shape index (κ3) is 3.77. The van der Waals surface area contributed by atoms with Crippen LogP contribution in [0, 0.1) is 20.8 Å². The zero-order valence-electron chi connectivity index (χ0n) is 14.1. The molecule has 1 amide bonds. The van der Waals surface area contributed by atoms with Gasteiger partial charge >= 0.3 is 0 Å². The summed E-state index contributed by atoms with van der Waals surface area (Å²) < 4.78 is 0. The first-order valence-corrected chi connectivity index (χ1v) is 8.52. The predicted octanol–water partition coefficient (Wildman–Crippen LogP) is 4.16. The van der Waals surface area contributed by atoms with Crippen molar-refractivity contribution in [2.45, 2.75) is 20.8 Å². The first kappa shape index (κ1) is 16.9. The molecular weight excluding hydrogens is 336 g/mol. The van der Waals surface area contributed by atoms with Crippen molar-refractivity contribution in [1.29, 1.82) is 0 Å². The Morgan fingerprint density at radius 1 is 1.16 bits per heavy atom. The van der Waals surface area contributed by atoms with Crippen molar-refractivity contribution in [2.24, 2.45) is 0 Å². The van der Waals surface area contributed by atoms with Crippen LogP contribution in [-0.4, -0.2) is 21.0 Å². The Balaban J connectivity index is 1.76. The van der Waals surface area contributed by atoms with Gasteiger partial charge in [-0.05, 0) is 44.5 Å². The Morgan fingerprint density at radius 2 is 1.96 bits per heavy atom. The van der Waals surface area contributed by atoms with Crippen LogP contribution >= 0.6 is 11.3 Å². The summed E-state index contributed by atoms with van der Waals surface area (Å²) in [5.41, 5.74) is 3.04. The molecule has 0 aliphatic heterocycles. The molecule has 3 rings (SSSR count). The summed E-state index contributed by atoms with van der Waals surface area (Å²) in [6.45, 7) is 5.55. The monoisotopic (exact) mass is 354 g/mol. The second-order valence-corrected chi connectivity index (χ2v) is 6.71. The number of phenols is 1. The summed E-state index contributed by atoms with van der Waals surface area (Å²) in [7, 11) is 0. The number of aryl methyl sites for hydroxylation is 2. The summed E-state index contributed by atoms with van der Waals surface area (Å²) >= 11 is 1.24. The van der Waals surface area contributed by atoms with Gasteiger partial charge in [0.2, 0.25) is 0 Å². The van der Waals surface area contributed by atoms with Crippen LogP contribution in [0.5, 0.6) is 5.75 Å². The highest BCUT2D eigenvalue weighted by atomic mass is 32.1. The number of rotatable bonds is 4. The van der Waals surface area contributed by atoms with Crippen LogP contribution in [0.4, 0.5) is 16.6 Å². The average Bonchev–Trinajstić information content (AvgIpc) is 3.03. The highest BCUT2D eigenvalue weighted by molar-refractivity contribution is 7.17. The normalized spacial score (nSPS) is 10.5. The van der Waals surface area contributed by atoms with Crippen molar-refractivity contribution in [3.63, 3.8) is 0 Å². The molecule has 1 aromatic carbocycles. The number of carbonyl (C=O) groups excluding carboxylic acids is 1. The second kappa shape index (κ2) is 6.90. The summed E-state index contributed by atoms with van der Waals surface area (Å²) in [6, 6.07) is 9.03. The van der Waals surface area contributed by atoms with Crippen LogP contribution in [0.25, 0.3) is 0 Å². The Kier molecular flexibility index (Phi) is 4.67. The van der Waals surface area contributed by atoms with Crippen LogP contribution in [0.1, 0.15) is 26.5 Å². The SMILES string of the molecule is Cc1cccc(Nc2ncc(C(=O)Nc3c(C)ccc(O)c3C)s2)n1. The fraction of sp³-hybridized carbons (Fsp3) is 0.167. The Bertz CT molecular complexity index is 937. The zero-order chi connectivity index (χ0) is 18.0.